The number of anilines is 3. The third kappa shape index (κ3) is 4.55. The molecule has 2 aliphatic heterocycles. The van der Waals surface area contributed by atoms with E-state index in [1.165, 1.54) is 5.69 Å². The van der Waals surface area contributed by atoms with Gasteiger partial charge in [-0.25, -0.2) is 0 Å². The molecule has 0 aliphatic carbocycles. The lowest BCUT2D eigenvalue weighted by Gasteiger charge is -2.46. The van der Waals surface area contributed by atoms with Gasteiger partial charge in [-0.15, -0.1) is 0 Å². The van der Waals surface area contributed by atoms with Gasteiger partial charge in [0, 0.05) is 80.3 Å². The van der Waals surface area contributed by atoms with Gasteiger partial charge in [0.25, 0.3) is 5.91 Å². The first kappa shape index (κ1) is 23.1. The van der Waals surface area contributed by atoms with Crippen LogP contribution in [0.4, 0.5) is 17.1 Å². The van der Waals surface area contributed by atoms with Crippen molar-refractivity contribution in [3.63, 3.8) is 0 Å². The average Bonchev–Trinajstić information content (AvgIpc) is 2.85. The van der Waals surface area contributed by atoms with E-state index in [0.29, 0.717) is 5.56 Å². The normalized spacial score (nSPS) is 22.5. The Hall–Kier alpha value is -3.06. The lowest BCUT2D eigenvalue weighted by atomic mass is 9.80. The zero-order valence-corrected chi connectivity index (χ0v) is 20.0. The molecule has 33 heavy (non-hydrogen) atoms. The van der Waals surface area contributed by atoms with Gasteiger partial charge in [-0.2, -0.15) is 0 Å². The molecule has 0 spiro atoms. The zero-order chi connectivity index (χ0) is 23.5. The van der Waals surface area contributed by atoms with Gasteiger partial charge in [-0.1, -0.05) is 13.8 Å². The predicted molar refractivity (Wildman–Crippen MR) is 134 cm³/mol. The van der Waals surface area contributed by atoms with Crippen molar-refractivity contribution in [2.24, 2.45) is 5.92 Å². The molecule has 1 unspecified atom stereocenters. The molecule has 7 nitrogen and oxygen atoms in total. The number of hydrogen-bond acceptors (Lipinski definition) is 5. The van der Waals surface area contributed by atoms with Crippen LogP contribution in [0.2, 0.25) is 0 Å². The Morgan fingerprint density at radius 3 is 2.39 bits per heavy atom. The summed E-state index contributed by atoms with van der Waals surface area (Å²) in [5.41, 5.74) is 4.93. The largest absolute Gasteiger partial charge is 0.378 e. The number of piperazine rings is 1. The van der Waals surface area contributed by atoms with Crippen LogP contribution in [-0.4, -0.2) is 51.1 Å². The highest BCUT2D eigenvalue weighted by Crippen LogP contribution is 2.45. The molecule has 7 heteroatoms. The van der Waals surface area contributed by atoms with Gasteiger partial charge in [0.1, 0.15) is 0 Å². The molecule has 3 N–H and O–H groups in total. The second kappa shape index (κ2) is 9.83. The van der Waals surface area contributed by atoms with Gasteiger partial charge in [-0.05, 0) is 48.9 Å². The van der Waals surface area contributed by atoms with Crippen LogP contribution < -0.4 is 25.8 Å². The first-order valence-corrected chi connectivity index (χ1v) is 11.9. The molecule has 0 aromatic heterocycles. The maximum absolute atomic E-state index is 12.7. The van der Waals surface area contributed by atoms with Crippen LogP contribution in [0, 0.1) is 5.92 Å². The molecule has 0 saturated carbocycles. The van der Waals surface area contributed by atoms with Crippen LogP contribution in [0.5, 0.6) is 0 Å². The van der Waals surface area contributed by atoms with Gasteiger partial charge in [0.2, 0.25) is 5.91 Å². The summed E-state index contributed by atoms with van der Waals surface area (Å²) in [5, 5.41) is 9.80. The van der Waals surface area contributed by atoms with Crippen molar-refractivity contribution in [3.8, 4) is 0 Å². The number of benzene rings is 2. The topological polar surface area (TPSA) is 76.7 Å². The number of fused-ring (bicyclic) bond motifs is 1. The molecule has 3 atom stereocenters. The molecule has 0 radical (unpaired) electrons. The zero-order valence-electron chi connectivity index (χ0n) is 20.0. The summed E-state index contributed by atoms with van der Waals surface area (Å²) >= 11 is 0. The van der Waals surface area contributed by atoms with Crippen molar-refractivity contribution in [2.75, 3.05) is 48.3 Å². The fraction of sp³-hybridized carbons (Fsp3) is 0.462. The molecule has 1 saturated heterocycles. The summed E-state index contributed by atoms with van der Waals surface area (Å²) in [6.07, 6.45) is 0.882. The number of nitrogens with one attached hydrogen (secondary N) is 3. The highest BCUT2D eigenvalue weighted by atomic mass is 16.2. The average molecular weight is 450 g/mol. The fourth-order valence-corrected chi connectivity index (χ4v) is 5.26. The Kier molecular flexibility index (Phi) is 6.88. The molecule has 2 aromatic rings. The van der Waals surface area contributed by atoms with Crippen molar-refractivity contribution >= 4 is 28.9 Å². The van der Waals surface area contributed by atoms with Crippen LogP contribution in [0.15, 0.2) is 42.5 Å². The summed E-state index contributed by atoms with van der Waals surface area (Å²) in [6.45, 7) is 9.93. The Balaban J connectivity index is 1.73. The minimum absolute atomic E-state index is 0.0502. The summed E-state index contributed by atoms with van der Waals surface area (Å²) in [6, 6.07) is 14.3. The molecule has 2 heterocycles. The molecular formula is C26H35N5O2. The minimum atomic E-state index is -0.0956. The predicted octanol–water partition coefficient (Wildman–Crippen LogP) is 3.39. The highest BCUT2D eigenvalue weighted by molar-refractivity contribution is 5.95. The highest BCUT2D eigenvalue weighted by Gasteiger charge is 2.40. The Morgan fingerprint density at radius 2 is 1.79 bits per heavy atom. The summed E-state index contributed by atoms with van der Waals surface area (Å²) in [4.78, 5) is 29.0. The van der Waals surface area contributed by atoms with Gasteiger partial charge in [-0.3, -0.25) is 9.59 Å². The van der Waals surface area contributed by atoms with Crippen LogP contribution in [0.3, 0.4) is 0 Å². The number of nitrogens with zero attached hydrogens (tertiary/aromatic N) is 2. The van der Waals surface area contributed by atoms with Crippen LogP contribution >= 0.6 is 0 Å². The maximum Gasteiger partial charge on any atom is 0.251 e. The van der Waals surface area contributed by atoms with E-state index in [1.807, 2.05) is 29.2 Å². The summed E-state index contributed by atoms with van der Waals surface area (Å²) < 4.78 is 0. The Morgan fingerprint density at radius 1 is 1.09 bits per heavy atom. The molecule has 4 rings (SSSR count). The van der Waals surface area contributed by atoms with E-state index >= 15 is 0 Å². The smallest absolute Gasteiger partial charge is 0.251 e. The SMILES string of the molecule is CC[C@H]1[C@H](C)C(Nc2ccc(C(=O)NC)cc2)c2cc(N3CCNCC3)ccc2N1C(C)=O. The summed E-state index contributed by atoms with van der Waals surface area (Å²) in [5.74, 6) is 0.197. The van der Waals surface area contributed by atoms with E-state index < -0.39 is 0 Å². The van der Waals surface area contributed by atoms with Crippen LogP contribution in [-0.2, 0) is 4.79 Å². The second-order valence-electron chi connectivity index (χ2n) is 8.98. The van der Waals surface area contributed by atoms with E-state index in [0.717, 1.165) is 49.5 Å². The van der Waals surface area contributed by atoms with Crippen LogP contribution in [0.1, 0.15) is 49.2 Å². The first-order valence-electron chi connectivity index (χ1n) is 11.9. The Bertz CT molecular complexity index is 1000. The molecule has 2 aliphatic rings. The van der Waals surface area contributed by atoms with E-state index in [9.17, 15) is 9.59 Å². The van der Waals surface area contributed by atoms with Crippen LogP contribution in [0.25, 0.3) is 0 Å². The van der Waals surface area contributed by atoms with Crippen molar-refractivity contribution < 1.29 is 9.59 Å². The quantitative estimate of drug-likeness (QED) is 0.652. The van der Waals surface area contributed by atoms with Gasteiger partial charge in [0.15, 0.2) is 0 Å². The molecule has 176 valence electrons. The number of hydrogen-bond donors (Lipinski definition) is 3. The van der Waals surface area contributed by atoms with E-state index in [2.05, 4.69) is 52.9 Å². The monoisotopic (exact) mass is 449 g/mol. The molecule has 1 fully saturated rings. The number of amides is 2. The maximum atomic E-state index is 12.7. The third-order valence-corrected chi connectivity index (χ3v) is 7.01. The first-order chi connectivity index (χ1) is 15.9. The van der Waals surface area contributed by atoms with Gasteiger partial charge < -0.3 is 25.8 Å². The third-order valence-electron chi connectivity index (χ3n) is 7.01. The fourth-order valence-electron chi connectivity index (χ4n) is 5.26. The number of carbonyl (C=O) groups excluding carboxylic acids is 2. The molecular weight excluding hydrogens is 414 g/mol. The lowest BCUT2D eigenvalue weighted by Crippen LogP contribution is -2.50. The van der Waals surface area contributed by atoms with Gasteiger partial charge >= 0.3 is 0 Å². The van der Waals surface area contributed by atoms with E-state index in [4.69, 9.17) is 0 Å². The second-order valence-corrected chi connectivity index (χ2v) is 8.98. The number of rotatable bonds is 5. The Labute approximate surface area is 196 Å². The number of carbonyl (C=O) groups is 2. The lowest BCUT2D eigenvalue weighted by molar-refractivity contribution is -0.117. The summed E-state index contributed by atoms with van der Waals surface area (Å²) in [7, 11) is 1.64. The molecule has 2 aromatic carbocycles. The molecule has 0 bridgehead atoms. The van der Waals surface area contributed by atoms with Crippen molar-refractivity contribution in [1.29, 1.82) is 0 Å². The van der Waals surface area contributed by atoms with Gasteiger partial charge in [0.05, 0.1) is 6.04 Å². The molecule has 2 amide bonds. The standard InChI is InChI=1S/C26H35N5O2/c1-5-23-17(2)25(29-20-8-6-19(7-9-20)26(33)27-4)22-16-21(30-14-12-28-13-15-30)10-11-24(22)31(23)18(3)32/h6-11,16-17,23,25,28-29H,5,12-15H2,1-4H3,(H,27,33)/t17-,23-,25?/m0/s1. The van der Waals surface area contributed by atoms with Crippen molar-refractivity contribution in [3.05, 3.63) is 53.6 Å². The van der Waals surface area contributed by atoms with E-state index in [1.54, 1.807) is 14.0 Å². The van der Waals surface area contributed by atoms with Crippen molar-refractivity contribution in [1.82, 2.24) is 10.6 Å². The van der Waals surface area contributed by atoms with Crippen molar-refractivity contribution in [2.45, 2.75) is 39.3 Å². The van der Waals surface area contributed by atoms with E-state index in [-0.39, 0.29) is 29.8 Å². The minimum Gasteiger partial charge on any atom is -0.378 e.